The van der Waals surface area contributed by atoms with Crippen molar-refractivity contribution >= 4 is 11.7 Å². The standard InChI is InChI=1S/C25H34N4O2/c1-19-26-22(18-24(27-19)28-13-3-4-14-28)17-21-11-15-29(16-12-21)25(30)10-7-20-5-8-23(31-2)9-6-20/h5-6,8-9,18,21H,3-4,7,10-17H2,1-2H3. The summed E-state index contributed by atoms with van der Waals surface area (Å²) in [5.74, 6) is 3.66. The van der Waals surface area contributed by atoms with Crippen molar-refractivity contribution in [2.45, 2.75) is 51.9 Å². The number of carbonyl (C=O) groups excluding carboxylic acids is 1. The van der Waals surface area contributed by atoms with E-state index in [0.717, 1.165) is 74.9 Å². The third-order valence-corrected chi connectivity index (χ3v) is 6.56. The van der Waals surface area contributed by atoms with E-state index < -0.39 is 0 Å². The van der Waals surface area contributed by atoms with Crippen molar-refractivity contribution in [1.82, 2.24) is 14.9 Å². The Morgan fingerprint density at radius 1 is 1.06 bits per heavy atom. The number of piperidine rings is 1. The molecule has 4 rings (SSSR count). The molecule has 6 heteroatoms. The molecule has 2 fully saturated rings. The number of nitrogens with zero attached hydrogens (tertiary/aromatic N) is 4. The van der Waals surface area contributed by atoms with Crippen LogP contribution in [0.1, 0.15) is 49.2 Å². The number of rotatable bonds is 7. The smallest absolute Gasteiger partial charge is 0.222 e. The first-order valence-electron chi connectivity index (χ1n) is 11.6. The fourth-order valence-electron chi connectivity index (χ4n) is 4.71. The maximum absolute atomic E-state index is 12.7. The summed E-state index contributed by atoms with van der Waals surface area (Å²) in [6, 6.07) is 10.2. The van der Waals surface area contributed by atoms with Crippen LogP contribution in [0.2, 0.25) is 0 Å². The van der Waals surface area contributed by atoms with Crippen LogP contribution in [-0.2, 0) is 17.6 Å². The van der Waals surface area contributed by atoms with Gasteiger partial charge in [0.2, 0.25) is 5.91 Å². The van der Waals surface area contributed by atoms with Crippen LogP contribution in [-0.4, -0.2) is 54.1 Å². The summed E-state index contributed by atoms with van der Waals surface area (Å²) in [4.78, 5) is 26.4. The zero-order chi connectivity index (χ0) is 21.6. The van der Waals surface area contributed by atoms with E-state index in [2.05, 4.69) is 16.0 Å². The normalized spacial score (nSPS) is 17.2. The molecule has 1 aromatic carbocycles. The Morgan fingerprint density at radius 2 is 1.77 bits per heavy atom. The summed E-state index contributed by atoms with van der Waals surface area (Å²) >= 11 is 0. The Kier molecular flexibility index (Phi) is 7.05. The zero-order valence-corrected chi connectivity index (χ0v) is 18.8. The molecule has 0 spiro atoms. The molecule has 0 aliphatic carbocycles. The molecule has 1 aromatic heterocycles. The monoisotopic (exact) mass is 422 g/mol. The average Bonchev–Trinajstić information content (AvgIpc) is 3.33. The van der Waals surface area contributed by atoms with E-state index in [9.17, 15) is 4.79 Å². The lowest BCUT2D eigenvalue weighted by Gasteiger charge is -2.32. The van der Waals surface area contributed by atoms with Gasteiger partial charge in [0.25, 0.3) is 0 Å². The van der Waals surface area contributed by atoms with Crippen LogP contribution in [0.15, 0.2) is 30.3 Å². The quantitative estimate of drug-likeness (QED) is 0.679. The molecule has 2 aliphatic rings. The molecule has 0 N–H and O–H groups in total. The third-order valence-electron chi connectivity index (χ3n) is 6.56. The highest BCUT2D eigenvalue weighted by molar-refractivity contribution is 5.76. The van der Waals surface area contributed by atoms with Gasteiger partial charge in [0.1, 0.15) is 17.4 Å². The molecule has 1 amide bonds. The number of aromatic nitrogens is 2. The molecule has 0 saturated carbocycles. The van der Waals surface area contributed by atoms with Gasteiger partial charge in [0, 0.05) is 44.4 Å². The van der Waals surface area contributed by atoms with Crippen molar-refractivity contribution in [1.29, 1.82) is 0 Å². The molecule has 31 heavy (non-hydrogen) atoms. The SMILES string of the molecule is COc1ccc(CCC(=O)N2CCC(Cc3cc(N4CCCC4)nc(C)n3)CC2)cc1. The number of benzene rings is 1. The summed E-state index contributed by atoms with van der Waals surface area (Å²) in [5.41, 5.74) is 2.33. The molecule has 166 valence electrons. The molecule has 3 heterocycles. The summed E-state index contributed by atoms with van der Waals surface area (Å²) in [7, 11) is 1.67. The van der Waals surface area contributed by atoms with Crippen molar-refractivity contribution in [3.05, 3.63) is 47.4 Å². The topological polar surface area (TPSA) is 58.6 Å². The Morgan fingerprint density at radius 3 is 2.45 bits per heavy atom. The largest absolute Gasteiger partial charge is 0.497 e. The molecule has 2 aliphatic heterocycles. The van der Waals surface area contributed by atoms with Crippen molar-refractivity contribution in [3.63, 3.8) is 0 Å². The highest BCUT2D eigenvalue weighted by Crippen LogP contribution is 2.25. The number of hydrogen-bond acceptors (Lipinski definition) is 5. The number of likely N-dealkylation sites (tertiary alicyclic amines) is 1. The van der Waals surface area contributed by atoms with Gasteiger partial charge in [-0.3, -0.25) is 4.79 Å². The Balaban J connectivity index is 1.25. The summed E-state index contributed by atoms with van der Waals surface area (Å²) < 4.78 is 5.20. The van der Waals surface area contributed by atoms with Crippen molar-refractivity contribution in [2.75, 3.05) is 38.2 Å². The molecule has 0 radical (unpaired) electrons. The molecular weight excluding hydrogens is 388 g/mol. The van der Waals surface area contributed by atoms with Gasteiger partial charge in [0.15, 0.2) is 0 Å². The minimum atomic E-state index is 0.267. The predicted molar refractivity (Wildman–Crippen MR) is 123 cm³/mol. The molecule has 0 bridgehead atoms. The van der Waals surface area contributed by atoms with Crippen molar-refractivity contribution in [2.24, 2.45) is 5.92 Å². The molecule has 2 aromatic rings. The van der Waals surface area contributed by atoms with Crippen LogP contribution >= 0.6 is 0 Å². The van der Waals surface area contributed by atoms with Crippen LogP contribution in [0.5, 0.6) is 5.75 Å². The lowest BCUT2D eigenvalue weighted by molar-refractivity contribution is -0.132. The second kappa shape index (κ2) is 10.1. The predicted octanol–water partition coefficient (Wildman–Crippen LogP) is 3.81. The minimum Gasteiger partial charge on any atom is -0.497 e. The first-order chi connectivity index (χ1) is 15.1. The third kappa shape index (κ3) is 5.75. The van der Waals surface area contributed by atoms with Crippen LogP contribution in [0.25, 0.3) is 0 Å². The van der Waals surface area contributed by atoms with E-state index in [1.165, 1.54) is 18.4 Å². The number of anilines is 1. The molecule has 0 atom stereocenters. The Labute approximate surface area is 185 Å². The number of aryl methyl sites for hydroxylation is 2. The second-order valence-electron chi connectivity index (χ2n) is 8.84. The lowest BCUT2D eigenvalue weighted by atomic mass is 9.91. The van der Waals surface area contributed by atoms with Gasteiger partial charge >= 0.3 is 0 Å². The Bertz CT molecular complexity index is 870. The Hall–Kier alpha value is -2.63. The first kappa shape index (κ1) is 21.6. The number of amides is 1. The van der Waals surface area contributed by atoms with Crippen LogP contribution in [0, 0.1) is 12.8 Å². The van der Waals surface area contributed by atoms with Gasteiger partial charge in [0.05, 0.1) is 7.11 Å². The fraction of sp³-hybridized carbons (Fsp3) is 0.560. The van der Waals surface area contributed by atoms with Crippen molar-refractivity contribution < 1.29 is 9.53 Å². The molecule has 6 nitrogen and oxygen atoms in total. The van der Waals surface area contributed by atoms with Crippen LogP contribution in [0.4, 0.5) is 5.82 Å². The number of hydrogen-bond donors (Lipinski definition) is 0. The maximum atomic E-state index is 12.7. The molecule has 2 saturated heterocycles. The van der Waals surface area contributed by atoms with E-state index in [1.807, 2.05) is 36.1 Å². The average molecular weight is 423 g/mol. The van der Waals surface area contributed by atoms with Gasteiger partial charge in [-0.1, -0.05) is 12.1 Å². The van der Waals surface area contributed by atoms with Gasteiger partial charge in [-0.2, -0.15) is 0 Å². The number of ether oxygens (including phenoxy) is 1. The van der Waals surface area contributed by atoms with E-state index in [4.69, 9.17) is 9.72 Å². The zero-order valence-electron chi connectivity index (χ0n) is 18.8. The second-order valence-corrected chi connectivity index (χ2v) is 8.84. The summed E-state index contributed by atoms with van der Waals surface area (Å²) in [6.45, 7) is 5.91. The molecule has 0 unspecified atom stereocenters. The van der Waals surface area contributed by atoms with Gasteiger partial charge in [-0.05, 0) is 69.1 Å². The van der Waals surface area contributed by atoms with Gasteiger partial charge in [-0.25, -0.2) is 9.97 Å². The first-order valence-corrected chi connectivity index (χ1v) is 11.6. The van der Waals surface area contributed by atoms with Gasteiger partial charge in [-0.15, -0.1) is 0 Å². The van der Waals surface area contributed by atoms with E-state index in [-0.39, 0.29) is 5.91 Å². The number of carbonyl (C=O) groups is 1. The summed E-state index contributed by atoms with van der Waals surface area (Å²) in [5, 5.41) is 0. The number of methoxy groups -OCH3 is 1. The lowest BCUT2D eigenvalue weighted by Crippen LogP contribution is -2.39. The van der Waals surface area contributed by atoms with Gasteiger partial charge < -0.3 is 14.5 Å². The van der Waals surface area contributed by atoms with Crippen molar-refractivity contribution in [3.8, 4) is 5.75 Å². The maximum Gasteiger partial charge on any atom is 0.222 e. The summed E-state index contributed by atoms with van der Waals surface area (Å²) in [6.07, 6.45) is 6.95. The van der Waals surface area contributed by atoms with E-state index in [0.29, 0.717) is 12.3 Å². The minimum absolute atomic E-state index is 0.267. The highest BCUT2D eigenvalue weighted by atomic mass is 16.5. The van der Waals surface area contributed by atoms with E-state index in [1.54, 1.807) is 7.11 Å². The van der Waals surface area contributed by atoms with Crippen LogP contribution < -0.4 is 9.64 Å². The highest BCUT2D eigenvalue weighted by Gasteiger charge is 2.24. The fourth-order valence-corrected chi connectivity index (χ4v) is 4.71. The van der Waals surface area contributed by atoms with E-state index >= 15 is 0 Å². The van der Waals surface area contributed by atoms with Crippen LogP contribution in [0.3, 0.4) is 0 Å². The molecular formula is C25H34N4O2.